The van der Waals surface area contributed by atoms with Gasteiger partial charge in [-0.2, -0.15) is 0 Å². The van der Waals surface area contributed by atoms with E-state index in [2.05, 4.69) is 10.6 Å². The monoisotopic (exact) mass is 225 g/mol. The normalized spacial score (nSPS) is 31.8. The van der Waals surface area contributed by atoms with Gasteiger partial charge >= 0.3 is 0 Å². The molecule has 0 aromatic rings. The van der Waals surface area contributed by atoms with E-state index in [1.807, 2.05) is 11.9 Å². The first-order chi connectivity index (χ1) is 7.75. The molecule has 2 rings (SSSR count). The molecule has 2 saturated heterocycles. The molecule has 0 aromatic carbocycles. The molecule has 2 aliphatic rings. The van der Waals surface area contributed by atoms with Crippen LogP contribution in [-0.4, -0.2) is 50.1 Å². The molecule has 0 radical (unpaired) electrons. The number of likely N-dealkylation sites (tertiary alicyclic amines) is 1. The van der Waals surface area contributed by atoms with Gasteiger partial charge < -0.3 is 15.5 Å². The maximum Gasteiger partial charge on any atom is 0.222 e. The standard InChI is InChI=1S/C12H23N3O/c1-15-9-11(4-5-12(15)16)14-8-10-3-2-6-13-7-10/h10-11,13-14H,2-9H2,1H3/t10-,11-/m1/s1. The zero-order valence-electron chi connectivity index (χ0n) is 10.2. The van der Waals surface area contributed by atoms with E-state index in [0.29, 0.717) is 12.5 Å². The largest absolute Gasteiger partial charge is 0.344 e. The topological polar surface area (TPSA) is 44.4 Å². The lowest BCUT2D eigenvalue weighted by Gasteiger charge is -2.32. The zero-order chi connectivity index (χ0) is 11.4. The lowest BCUT2D eigenvalue weighted by Crippen LogP contribution is -2.48. The minimum absolute atomic E-state index is 0.289. The smallest absolute Gasteiger partial charge is 0.222 e. The third-order valence-corrected chi connectivity index (χ3v) is 3.72. The number of nitrogens with zero attached hydrogens (tertiary/aromatic N) is 1. The average Bonchev–Trinajstić information content (AvgIpc) is 2.32. The van der Waals surface area contributed by atoms with Crippen molar-refractivity contribution in [3.8, 4) is 0 Å². The van der Waals surface area contributed by atoms with E-state index >= 15 is 0 Å². The number of carbonyl (C=O) groups is 1. The Hall–Kier alpha value is -0.610. The molecule has 1 amide bonds. The number of hydrogen-bond donors (Lipinski definition) is 2. The van der Waals surface area contributed by atoms with Gasteiger partial charge in [0.15, 0.2) is 0 Å². The van der Waals surface area contributed by atoms with E-state index < -0.39 is 0 Å². The highest BCUT2D eigenvalue weighted by molar-refractivity contribution is 5.76. The van der Waals surface area contributed by atoms with Crippen LogP contribution in [0, 0.1) is 5.92 Å². The Labute approximate surface area is 97.8 Å². The Morgan fingerprint density at radius 1 is 1.50 bits per heavy atom. The lowest BCUT2D eigenvalue weighted by atomic mass is 9.98. The first-order valence-electron chi connectivity index (χ1n) is 6.44. The molecule has 0 saturated carbocycles. The van der Waals surface area contributed by atoms with Gasteiger partial charge in [0, 0.05) is 26.1 Å². The maximum atomic E-state index is 11.3. The average molecular weight is 225 g/mol. The second-order valence-electron chi connectivity index (χ2n) is 5.13. The summed E-state index contributed by atoms with van der Waals surface area (Å²) in [7, 11) is 1.90. The molecule has 2 N–H and O–H groups in total. The van der Waals surface area contributed by atoms with Crippen molar-refractivity contribution in [2.24, 2.45) is 5.92 Å². The Kier molecular flexibility index (Phi) is 4.18. The van der Waals surface area contributed by atoms with Gasteiger partial charge in [-0.1, -0.05) is 0 Å². The van der Waals surface area contributed by atoms with Crippen LogP contribution in [0.2, 0.25) is 0 Å². The first-order valence-corrected chi connectivity index (χ1v) is 6.44. The van der Waals surface area contributed by atoms with Gasteiger partial charge in [0.1, 0.15) is 0 Å². The van der Waals surface area contributed by atoms with Crippen molar-refractivity contribution in [3.63, 3.8) is 0 Å². The van der Waals surface area contributed by atoms with Crippen molar-refractivity contribution in [3.05, 3.63) is 0 Å². The minimum atomic E-state index is 0.289. The van der Waals surface area contributed by atoms with Gasteiger partial charge in [-0.05, 0) is 44.8 Å². The fraction of sp³-hybridized carbons (Fsp3) is 0.917. The predicted molar refractivity (Wildman–Crippen MR) is 64.3 cm³/mol. The van der Waals surface area contributed by atoms with Crippen LogP contribution in [0.25, 0.3) is 0 Å². The number of piperidine rings is 2. The predicted octanol–water partition coefficient (Wildman–Crippen LogP) is 0.196. The Morgan fingerprint density at radius 2 is 2.38 bits per heavy atom. The Bertz CT molecular complexity index is 238. The summed E-state index contributed by atoms with van der Waals surface area (Å²) >= 11 is 0. The van der Waals surface area contributed by atoms with Gasteiger partial charge in [-0.25, -0.2) is 0 Å². The van der Waals surface area contributed by atoms with E-state index in [9.17, 15) is 4.79 Å². The summed E-state index contributed by atoms with van der Waals surface area (Å²) in [5.74, 6) is 1.06. The summed E-state index contributed by atoms with van der Waals surface area (Å²) in [5.41, 5.74) is 0. The SMILES string of the molecule is CN1C[C@H](NC[C@@H]2CCCNC2)CCC1=O. The number of likely N-dealkylation sites (N-methyl/N-ethyl adjacent to an activating group) is 1. The third kappa shape index (κ3) is 3.19. The second-order valence-corrected chi connectivity index (χ2v) is 5.13. The maximum absolute atomic E-state index is 11.3. The van der Waals surface area contributed by atoms with Gasteiger partial charge in [0.25, 0.3) is 0 Å². The molecule has 0 unspecified atom stereocenters. The van der Waals surface area contributed by atoms with Crippen molar-refractivity contribution in [2.75, 3.05) is 33.2 Å². The van der Waals surface area contributed by atoms with Crippen LogP contribution < -0.4 is 10.6 Å². The quantitative estimate of drug-likeness (QED) is 0.721. The molecule has 0 aromatic heterocycles. The highest BCUT2D eigenvalue weighted by atomic mass is 16.2. The van der Waals surface area contributed by atoms with E-state index in [4.69, 9.17) is 0 Å². The highest BCUT2D eigenvalue weighted by Gasteiger charge is 2.23. The van der Waals surface area contributed by atoms with Gasteiger partial charge in [-0.3, -0.25) is 4.79 Å². The fourth-order valence-corrected chi connectivity index (χ4v) is 2.61. The van der Waals surface area contributed by atoms with E-state index in [1.165, 1.54) is 19.4 Å². The molecule has 2 heterocycles. The molecule has 0 bridgehead atoms. The van der Waals surface area contributed by atoms with Crippen LogP contribution >= 0.6 is 0 Å². The molecule has 2 aliphatic heterocycles. The summed E-state index contributed by atoms with van der Waals surface area (Å²) in [6, 6.07) is 0.504. The minimum Gasteiger partial charge on any atom is -0.344 e. The molecule has 2 atom stereocenters. The van der Waals surface area contributed by atoms with Crippen molar-refractivity contribution < 1.29 is 4.79 Å². The zero-order valence-corrected chi connectivity index (χ0v) is 10.2. The third-order valence-electron chi connectivity index (χ3n) is 3.72. The molecular formula is C12H23N3O. The summed E-state index contributed by atoms with van der Waals surface area (Å²) in [5, 5.41) is 7.04. The Morgan fingerprint density at radius 3 is 3.06 bits per heavy atom. The number of hydrogen-bond acceptors (Lipinski definition) is 3. The molecule has 4 nitrogen and oxygen atoms in total. The van der Waals surface area contributed by atoms with Crippen LogP contribution in [-0.2, 0) is 4.79 Å². The summed E-state index contributed by atoms with van der Waals surface area (Å²) in [4.78, 5) is 13.2. The van der Waals surface area contributed by atoms with E-state index in [0.717, 1.165) is 32.0 Å². The highest BCUT2D eigenvalue weighted by Crippen LogP contribution is 2.12. The van der Waals surface area contributed by atoms with Crippen LogP contribution in [0.4, 0.5) is 0 Å². The van der Waals surface area contributed by atoms with Gasteiger partial charge in [0.05, 0.1) is 0 Å². The summed E-state index contributed by atoms with van der Waals surface area (Å²) in [6.45, 7) is 4.30. The molecule has 0 aliphatic carbocycles. The van der Waals surface area contributed by atoms with Crippen molar-refractivity contribution >= 4 is 5.91 Å². The van der Waals surface area contributed by atoms with E-state index in [-0.39, 0.29) is 5.91 Å². The molecule has 16 heavy (non-hydrogen) atoms. The Balaban J connectivity index is 1.67. The van der Waals surface area contributed by atoms with Crippen LogP contribution in [0.15, 0.2) is 0 Å². The molecule has 92 valence electrons. The molecular weight excluding hydrogens is 202 g/mol. The number of amides is 1. The van der Waals surface area contributed by atoms with Crippen molar-refractivity contribution in [1.82, 2.24) is 15.5 Å². The number of rotatable bonds is 3. The number of carbonyl (C=O) groups excluding carboxylic acids is 1. The van der Waals surface area contributed by atoms with Crippen LogP contribution in [0.3, 0.4) is 0 Å². The summed E-state index contributed by atoms with van der Waals surface area (Å²) < 4.78 is 0. The van der Waals surface area contributed by atoms with Crippen molar-refractivity contribution in [1.29, 1.82) is 0 Å². The lowest BCUT2D eigenvalue weighted by molar-refractivity contribution is -0.132. The molecule has 2 fully saturated rings. The number of nitrogens with one attached hydrogen (secondary N) is 2. The fourth-order valence-electron chi connectivity index (χ4n) is 2.61. The van der Waals surface area contributed by atoms with E-state index in [1.54, 1.807) is 0 Å². The molecule has 4 heteroatoms. The van der Waals surface area contributed by atoms with Gasteiger partial charge in [-0.15, -0.1) is 0 Å². The summed E-state index contributed by atoms with van der Waals surface area (Å²) in [6.07, 6.45) is 4.34. The van der Waals surface area contributed by atoms with Crippen molar-refractivity contribution in [2.45, 2.75) is 31.7 Å². The molecule has 0 spiro atoms. The second kappa shape index (κ2) is 5.64. The van der Waals surface area contributed by atoms with Gasteiger partial charge in [0.2, 0.25) is 5.91 Å². The first kappa shape index (κ1) is 11.9. The van der Waals surface area contributed by atoms with Crippen LogP contribution in [0.1, 0.15) is 25.7 Å². The van der Waals surface area contributed by atoms with Crippen LogP contribution in [0.5, 0.6) is 0 Å².